The molecular weight excluding hydrogens is 305 g/mol. The van der Waals surface area contributed by atoms with Crippen LogP contribution in [0, 0.1) is 0 Å². The fourth-order valence-electron chi connectivity index (χ4n) is 1.60. The molecule has 0 aliphatic rings. The smallest absolute Gasteiger partial charge is 0.326 e. The zero-order chi connectivity index (χ0) is 15.1. The Labute approximate surface area is 126 Å². The van der Waals surface area contributed by atoms with Crippen LogP contribution in [0.1, 0.15) is 23.2 Å². The molecule has 1 aromatic rings. The van der Waals surface area contributed by atoms with Gasteiger partial charge in [-0.25, -0.2) is 4.79 Å². The van der Waals surface area contributed by atoms with E-state index in [0.29, 0.717) is 13.0 Å². The molecule has 0 aromatic heterocycles. The van der Waals surface area contributed by atoms with Gasteiger partial charge in [-0.15, -0.1) is 0 Å². The highest BCUT2D eigenvalue weighted by molar-refractivity contribution is 6.43. The van der Waals surface area contributed by atoms with Crippen molar-refractivity contribution < 1.29 is 19.4 Å². The van der Waals surface area contributed by atoms with Crippen molar-refractivity contribution in [2.75, 3.05) is 13.7 Å². The monoisotopic (exact) mass is 319 g/mol. The number of nitrogens with one attached hydrogen (secondary N) is 1. The van der Waals surface area contributed by atoms with E-state index in [0.717, 1.165) is 0 Å². The zero-order valence-electron chi connectivity index (χ0n) is 10.9. The molecule has 20 heavy (non-hydrogen) atoms. The fraction of sp³-hybridized carbons (Fsp3) is 0.385. The van der Waals surface area contributed by atoms with Crippen LogP contribution in [0.2, 0.25) is 10.0 Å². The summed E-state index contributed by atoms with van der Waals surface area (Å²) in [6, 6.07) is 3.61. The normalized spacial score (nSPS) is 11.9. The van der Waals surface area contributed by atoms with Crippen molar-refractivity contribution in [1.82, 2.24) is 5.32 Å². The Bertz CT molecular complexity index is 493. The summed E-state index contributed by atoms with van der Waals surface area (Å²) < 4.78 is 4.85. The number of carbonyl (C=O) groups is 2. The van der Waals surface area contributed by atoms with Crippen LogP contribution in [0.15, 0.2) is 18.2 Å². The number of carbonyl (C=O) groups excluding carboxylic acids is 1. The second kappa shape index (κ2) is 8.09. The van der Waals surface area contributed by atoms with Crippen molar-refractivity contribution in [3.8, 4) is 0 Å². The van der Waals surface area contributed by atoms with E-state index in [1.807, 2.05) is 0 Å². The molecule has 1 aromatic carbocycles. The first-order valence-electron chi connectivity index (χ1n) is 5.94. The minimum Gasteiger partial charge on any atom is -0.480 e. The van der Waals surface area contributed by atoms with Gasteiger partial charge in [0.15, 0.2) is 0 Å². The third-order valence-electron chi connectivity index (χ3n) is 2.64. The first kappa shape index (κ1) is 16.8. The highest BCUT2D eigenvalue weighted by Crippen LogP contribution is 2.25. The van der Waals surface area contributed by atoms with Crippen LogP contribution in [0.5, 0.6) is 0 Å². The van der Waals surface area contributed by atoms with E-state index >= 15 is 0 Å². The predicted octanol–water partition coefficient (Wildman–Crippen LogP) is 2.60. The van der Waals surface area contributed by atoms with Gasteiger partial charge in [0.1, 0.15) is 6.04 Å². The summed E-state index contributed by atoms with van der Waals surface area (Å²) in [5.74, 6) is -1.67. The SMILES string of the molecule is COCCCC(NC(=O)c1cccc(Cl)c1Cl)C(=O)O. The first-order chi connectivity index (χ1) is 9.47. The quantitative estimate of drug-likeness (QED) is 0.757. The Balaban J connectivity index is 2.75. The topological polar surface area (TPSA) is 75.6 Å². The number of methoxy groups -OCH3 is 1. The third kappa shape index (κ3) is 4.67. The molecule has 110 valence electrons. The summed E-state index contributed by atoms with van der Waals surface area (Å²) >= 11 is 11.7. The number of hydrogen-bond donors (Lipinski definition) is 2. The summed E-state index contributed by atoms with van der Waals surface area (Å²) in [4.78, 5) is 23.1. The van der Waals surface area contributed by atoms with Gasteiger partial charge in [0.25, 0.3) is 5.91 Å². The number of halogens is 2. The van der Waals surface area contributed by atoms with Crippen molar-refractivity contribution in [2.45, 2.75) is 18.9 Å². The lowest BCUT2D eigenvalue weighted by atomic mass is 10.1. The van der Waals surface area contributed by atoms with Crippen molar-refractivity contribution in [2.24, 2.45) is 0 Å². The molecule has 0 aliphatic carbocycles. The predicted molar refractivity (Wildman–Crippen MR) is 76.5 cm³/mol. The maximum Gasteiger partial charge on any atom is 0.326 e. The number of ether oxygens (including phenoxy) is 1. The lowest BCUT2D eigenvalue weighted by Gasteiger charge is -2.15. The second-order valence-electron chi connectivity index (χ2n) is 4.10. The Morgan fingerprint density at radius 1 is 1.40 bits per heavy atom. The van der Waals surface area contributed by atoms with E-state index in [1.54, 1.807) is 12.1 Å². The standard InChI is InChI=1S/C13H15Cl2NO4/c1-20-7-3-6-10(13(18)19)16-12(17)8-4-2-5-9(14)11(8)15/h2,4-5,10H,3,6-7H2,1H3,(H,16,17)(H,18,19). The third-order valence-corrected chi connectivity index (χ3v) is 3.46. The van der Waals surface area contributed by atoms with Crippen molar-refractivity contribution in [3.63, 3.8) is 0 Å². The van der Waals surface area contributed by atoms with Crippen LogP contribution in [-0.2, 0) is 9.53 Å². The number of benzene rings is 1. The average Bonchev–Trinajstić information content (AvgIpc) is 2.40. The highest BCUT2D eigenvalue weighted by Gasteiger charge is 2.21. The van der Waals surface area contributed by atoms with Crippen molar-refractivity contribution in [1.29, 1.82) is 0 Å². The van der Waals surface area contributed by atoms with Gasteiger partial charge in [-0.2, -0.15) is 0 Å². The van der Waals surface area contributed by atoms with Crippen LogP contribution >= 0.6 is 23.2 Å². The van der Waals surface area contributed by atoms with Gasteiger partial charge in [-0.05, 0) is 25.0 Å². The van der Waals surface area contributed by atoms with Crippen LogP contribution < -0.4 is 5.32 Å². The molecule has 0 saturated carbocycles. The fourth-order valence-corrected chi connectivity index (χ4v) is 1.99. The largest absolute Gasteiger partial charge is 0.480 e. The number of rotatable bonds is 7. The van der Waals surface area contributed by atoms with Gasteiger partial charge in [-0.3, -0.25) is 4.79 Å². The Hall–Kier alpha value is -1.30. The number of hydrogen-bond acceptors (Lipinski definition) is 3. The zero-order valence-corrected chi connectivity index (χ0v) is 12.4. The van der Waals surface area contributed by atoms with Gasteiger partial charge in [0, 0.05) is 13.7 Å². The maximum absolute atomic E-state index is 12.0. The number of carboxylic acids is 1. The summed E-state index contributed by atoms with van der Waals surface area (Å²) in [5, 5.41) is 11.8. The Morgan fingerprint density at radius 2 is 2.10 bits per heavy atom. The molecular formula is C13H15Cl2NO4. The minimum atomic E-state index is -1.10. The molecule has 7 heteroatoms. The van der Waals surface area contributed by atoms with Crippen molar-refractivity contribution >= 4 is 35.1 Å². The number of amides is 1. The lowest BCUT2D eigenvalue weighted by Crippen LogP contribution is -2.41. The minimum absolute atomic E-state index is 0.104. The van der Waals surface area contributed by atoms with Gasteiger partial charge in [0.05, 0.1) is 15.6 Å². The van der Waals surface area contributed by atoms with Crippen LogP contribution in [0.25, 0.3) is 0 Å². The molecule has 2 N–H and O–H groups in total. The molecule has 5 nitrogen and oxygen atoms in total. The number of carboxylic acid groups (broad SMARTS) is 1. The number of aliphatic carboxylic acids is 1. The van der Waals surface area contributed by atoms with E-state index in [-0.39, 0.29) is 22.0 Å². The van der Waals surface area contributed by atoms with Crippen LogP contribution in [0.4, 0.5) is 0 Å². The molecule has 1 rings (SSSR count). The molecule has 1 amide bonds. The molecule has 0 spiro atoms. The van der Waals surface area contributed by atoms with Gasteiger partial charge >= 0.3 is 5.97 Å². The summed E-state index contributed by atoms with van der Waals surface area (Å²) in [6.45, 7) is 0.428. The summed E-state index contributed by atoms with van der Waals surface area (Å²) in [5.41, 5.74) is 0.150. The Morgan fingerprint density at radius 3 is 2.70 bits per heavy atom. The van der Waals surface area contributed by atoms with E-state index in [9.17, 15) is 9.59 Å². The Kier molecular flexibility index (Phi) is 6.78. The van der Waals surface area contributed by atoms with E-state index in [4.69, 9.17) is 33.0 Å². The first-order valence-corrected chi connectivity index (χ1v) is 6.69. The van der Waals surface area contributed by atoms with Crippen molar-refractivity contribution in [3.05, 3.63) is 33.8 Å². The molecule has 0 saturated heterocycles. The second-order valence-corrected chi connectivity index (χ2v) is 4.89. The molecule has 0 heterocycles. The molecule has 0 bridgehead atoms. The summed E-state index contributed by atoms with van der Waals surface area (Å²) in [6.07, 6.45) is 0.796. The van der Waals surface area contributed by atoms with E-state index < -0.39 is 17.9 Å². The molecule has 0 aliphatic heterocycles. The molecule has 1 unspecified atom stereocenters. The highest BCUT2D eigenvalue weighted by atomic mass is 35.5. The summed E-state index contributed by atoms with van der Waals surface area (Å²) in [7, 11) is 1.53. The molecule has 1 atom stereocenters. The van der Waals surface area contributed by atoms with Crippen LogP contribution in [-0.4, -0.2) is 36.7 Å². The maximum atomic E-state index is 12.0. The lowest BCUT2D eigenvalue weighted by molar-refractivity contribution is -0.139. The van der Waals surface area contributed by atoms with Crippen LogP contribution in [0.3, 0.4) is 0 Å². The average molecular weight is 320 g/mol. The van der Waals surface area contributed by atoms with E-state index in [2.05, 4.69) is 5.32 Å². The van der Waals surface area contributed by atoms with Gasteiger partial charge in [-0.1, -0.05) is 29.3 Å². The molecule has 0 radical (unpaired) electrons. The molecule has 0 fully saturated rings. The van der Waals surface area contributed by atoms with Gasteiger partial charge < -0.3 is 15.2 Å². The van der Waals surface area contributed by atoms with Gasteiger partial charge in [0.2, 0.25) is 0 Å². The van der Waals surface area contributed by atoms with E-state index in [1.165, 1.54) is 13.2 Å².